The lowest BCUT2D eigenvalue weighted by Crippen LogP contribution is -2.42. The number of hydrogen-bond donors (Lipinski definition) is 2. The second-order valence-electron chi connectivity index (χ2n) is 8.13. The molecule has 1 fully saturated rings. The summed E-state index contributed by atoms with van der Waals surface area (Å²) in [5, 5.41) is 7.41. The molecule has 1 saturated heterocycles. The Kier molecular flexibility index (Phi) is 12.5. The minimum absolute atomic E-state index is 0. The van der Waals surface area contributed by atoms with E-state index in [0.717, 1.165) is 31.0 Å². The molecule has 2 rings (SSSR count). The zero-order valence-corrected chi connectivity index (χ0v) is 21.7. The molecule has 0 aromatic carbocycles. The Morgan fingerprint density at radius 1 is 1.40 bits per heavy atom. The summed E-state index contributed by atoms with van der Waals surface area (Å²) in [6.07, 6.45) is 6.57. The number of guanidine groups is 1. The number of nitrogens with zero attached hydrogens (tertiary/aromatic N) is 3. The molecule has 1 atom stereocenters. The number of pyridine rings is 1. The molecule has 1 aliphatic rings. The van der Waals surface area contributed by atoms with Gasteiger partial charge in [0.15, 0.2) is 5.96 Å². The van der Waals surface area contributed by atoms with Gasteiger partial charge in [-0.05, 0) is 57.4 Å². The summed E-state index contributed by atoms with van der Waals surface area (Å²) < 4.78 is 5.57. The van der Waals surface area contributed by atoms with Gasteiger partial charge < -0.3 is 20.3 Å². The first-order chi connectivity index (χ1) is 13.9. The Bertz CT molecular complexity index is 649. The van der Waals surface area contributed by atoms with Gasteiger partial charge in [-0.1, -0.05) is 6.07 Å². The molecule has 30 heavy (non-hydrogen) atoms. The third-order valence-electron chi connectivity index (χ3n) is 4.39. The number of halogens is 1. The molecule has 1 aromatic heterocycles. The van der Waals surface area contributed by atoms with E-state index in [2.05, 4.69) is 20.6 Å². The third-order valence-corrected chi connectivity index (χ3v) is 5.79. The van der Waals surface area contributed by atoms with Crippen molar-refractivity contribution in [2.45, 2.75) is 57.4 Å². The molecule has 0 spiro atoms. The molecular formula is C21H36IN5O2S. The van der Waals surface area contributed by atoms with Crippen molar-refractivity contribution in [3.63, 3.8) is 0 Å². The van der Waals surface area contributed by atoms with Gasteiger partial charge >= 0.3 is 6.09 Å². The minimum atomic E-state index is -0.521. The number of carbonyl (C=O) groups is 1. The molecule has 1 aliphatic heterocycles. The smallest absolute Gasteiger partial charge is 0.410 e. The lowest BCUT2D eigenvalue weighted by atomic mass is 10.2. The molecule has 2 N–H and O–H groups in total. The number of aromatic nitrogens is 1. The van der Waals surface area contributed by atoms with Crippen LogP contribution in [-0.2, 0) is 11.3 Å². The van der Waals surface area contributed by atoms with Gasteiger partial charge in [-0.2, -0.15) is 11.8 Å². The van der Waals surface area contributed by atoms with Gasteiger partial charge in [0.2, 0.25) is 0 Å². The van der Waals surface area contributed by atoms with Crippen molar-refractivity contribution in [2.75, 3.05) is 32.4 Å². The van der Waals surface area contributed by atoms with Crippen LogP contribution in [0.5, 0.6) is 0 Å². The first kappa shape index (κ1) is 26.8. The second kappa shape index (κ2) is 14.0. The Labute approximate surface area is 202 Å². The first-order valence-corrected chi connectivity index (χ1v) is 11.3. The van der Waals surface area contributed by atoms with Crippen LogP contribution in [0.4, 0.5) is 4.79 Å². The Hall–Kier alpha value is -1.23. The molecule has 0 bridgehead atoms. The van der Waals surface area contributed by atoms with Gasteiger partial charge in [-0.15, -0.1) is 24.0 Å². The van der Waals surface area contributed by atoms with E-state index in [1.54, 1.807) is 24.3 Å². The third kappa shape index (κ3) is 10.7. The average molecular weight is 550 g/mol. The van der Waals surface area contributed by atoms with E-state index >= 15 is 0 Å². The summed E-state index contributed by atoms with van der Waals surface area (Å²) in [5.74, 6) is 2.07. The number of thioether (sulfide) groups is 1. The largest absolute Gasteiger partial charge is 0.444 e. The van der Waals surface area contributed by atoms with Crippen LogP contribution in [0.15, 0.2) is 29.5 Å². The molecule has 7 nitrogen and oxygen atoms in total. The molecule has 0 saturated carbocycles. The number of amides is 1. The lowest BCUT2D eigenvalue weighted by molar-refractivity contribution is 0.0232. The van der Waals surface area contributed by atoms with Crippen LogP contribution in [0.25, 0.3) is 0 Å². The van der Waals surface area contributed by atoms with E-state index in [-0.39, 0.29) is 30.1 Å². The lowest BCUT2D eigenvalue weighted by Gasteiger charge is -2.27. The number of aliphatic imine (C=N–C) groups is 1. The molecule has 1 aromatic rings. The molecule has 2 heterocycles. The Balaban J connectivity index is 0.00000450. The van der Waals surface area contributed by atoms with Crippen LogP contribution in [0, 0.1) is 0 Å². The van der Waals surface area contributed by atoms with Gasteiger partial charge in [0, 0.05) is 44.3 Å². The summed E-state index contributed by atoms with van der Waals surface area (Å²) in [6.45, 7) is 8.38. The summed E-state index contributed by atoms with van der Waals surface area (Å²) in [4.78, 5) is 22.8. The van der Waals surface area contributed by atoms with Gasteiger partial charge in [-0.25, -0.2) is 4.79 Å². The highest BCUT2D eigenvalue weighted by atomic mass is 127. The van der Waals surface area contributed by atoms with Crippen molar-refractivity contribution < 1.29 is 9.53 Å². The van der Waals surface area contributed by atoms with Crippen LogP contribution in [0.1, 0.15) is 45.6 Å². The SMILES string of the molecule is CN=C(NCCCN(Cc1cccnc1)C(=O)OC(C)(C)C)NCC1CCCS1.I. The Morgan fingerprint density at radius 2 is 2.20 bits per heavy atom. The van der Waals surface area contributed by atoms with Crippen LogP contribution < -0.4 is 10.6 Å². The van der Waals surface area contributed by atoms with Gasteiger partial charge in [-0.3, -0.25) is 9.98 Å². The number of ether oxygens (including phenoxy) is 1. The number of nitrogens with one attached hydrogen (secondary N) is 2. The van der Waals surface area contributed by atoms with E-state index in [1.807, 2.05) is 44.7 Å². The summed E-state index contributed by atoms with van der Waals surface area (Å²) >= 11 is 2.03. The van der Waals surface area contributed by atoms with Crippen LogP contribution >= 0.6 is 35.7 Å². The number of rotatable bonds is 8. The van der Waals surface area contributed by atoms with E-state index < -0.39 is 5.60 Å². The molecule has 170 valence electrons. The zero-order chi connectivity index (χ0) is 21.1. The molecule has 9 heteroatoms. The Morgan fingerprint density at radius 3 is 2.80 bits per heavy atom. The highest BCUT2D eigenvalue weighted by molar-refractivity contribution is 14.0. The summed E-state index contributed by atoms with van der Waals surface area (Å²) in [7, 11) is 1.78. The fraction of sp³-hybridized carbons (Fsp3) is 0.667. The second-order valence-corrected chi connectivity index (χ2v) is 9.54. The van der Waals surface area contributed by atoms with Gasteiger partial charge in [0.25, 0.3) is 0 Å². The fourth-order valence-corrected chi connectivity index (χ4v) is 4.19. The maximum atomic E-state index is 12.6. The van der Waals surface area contributed by atoms with Crippen molar-refractivity contribution in [3.05, 3.63) is 30.1 Å². The van der Waals surface area contributed by atoms with Crippen molar-refractivity contribution in [1.82, 2.24) is 20.5 Å². The monoisotopic (exact) mass is 549 g/mol. The maximum absolute atomic E-state index is 12.6. The normalized spacial score (nSPS) is 16.5. The summed E-state index contributed by atoms with van der Waals surface area (Å²) in [5.41, 5.74) is 0.463. The topological polar surface area (TPSA) is 78.9 Å². The first-order valence-electron chi connectivity index (χ1n) is 10.3. The minimum Gasteiger partial charge on any atom is -0.444 e. The van der Waals surface area contributed by atoms with Crippen LogP contribution in [0.2, 0.25) is 0 Å². The van der Waals surface area contributed by atoms with Crippen molar-refractivity contribution >= 4 is 47.8 Å². The van der Waals surface area contributed by atoms with E-state index in [0.29, 0.717) is 18.3 Å². The van der Waals surface area contributed by atoms with Gasteiger partial charge in [0.05, 0.1) is 6.54 Å². The van der Waals surface area contributed by atoms with Crippen molar-refractivity contribution in [3.8, 4) is 0 Å². The summed E-state index contributed by atoms with van der Waals surface area (Å²) in [6, 6.07) is 3.85. The predicted octanol–water partition coefficient (Wildman–Crippen LogP) is 3.89. The van der Waals surface area contributed by atoms with E-state index in [1.165, 1.54) is 18.6 Å². The quantitative estimate of drug-likeness (QED) is 0.222. The van der Waals surface area contributed by atoms with Crippen molar-refractivity contribution in [2.24, 2.45) is 4.99 Å². The predicted molar refractivity (Wildman–Crippen MR) is 136 cm³/mol. The molecule has 1 unspecified atom stereocenters. The molecule has 1 amide bonds. The van der Waals surface area contributed by atoms with E-state index in [4.69, 9.17) is 4.74 Å². The highest BCUT2D eigenvalue weighted by Gasteiger charge is 2.22. The highest BCUT2D eigenvalue weighted by Crippen LogP contribution is 2.25. The average Bonchev–Trinajstić information content (AvgIpc) is 3.19. The molecular weight excluding hydrogens is 513 g/mol. The van der Waals surface area contributed by atoms with Crippen LogP contribution in [-0.4, -0.2) is 65.2 Å². The van der Waals surface area contributed by atoms with E-state index in [9.17, 15) is 4.79 Å². The molecule has 0 radical (unpaired) electrons. The fourth-order valence-electron chi connectivity index (χ4n) is 2.99. The maximum Gasteiger partial charge on any atom is 0.410 e. The zero-order valence-electron chi connectivity index (χ0n) is 18.5. The number of hydrogen-bond acceptors (Lipinski definition) is 5. The van der Waals surface area contributed by atoms with Crippen molar-refractivity contribution in [1.29, 1.82) is 0 Å². The van der Waals surface area contributed by atoms with Crippen LogP contribution in [0.3, 0.4) is 0 Å². The molecule has 0 aliphatic carbocycles. The standard InChI is InChI=1S/C21H35N5O2S.HI/c1-21(2,3)28-20(27)26(16-17-8-5-10-23-14-17)12-7-11-24-19(22-4)25-15-18-9-6-13-29-18;/h5,8,10,14,18H,6-7,9,11-13,15-16H2,1-4H3,(H2,22,24,25);1H. The van der Waals surface area contributed by atoms with Gasteiger partial charge in [0.1, 0.15) is 5.60 Å². The number of carbonyl (C=O) groups excluding carboxylic acids is 1.